The van der Waals surface area contributed by atoms with Crippen LogP contribution in [0.2, 0.25) is 0 Å². The standard InChI is InChI=1S/C28H28O/c1-29-26-16-14-25(15-17-26)28-19-7-18-27(20-21-28,22-8-3-2-4-9-22)23-10-5-12-24(28)13-6-11-23/h2-6,8-17H,7,18-21H2,1H3/b10-5-,11-6?,12-5?,13-6-,23-10?,23-11+,24-12+,24-13?. The average molecular weight is 381 g/mol. The largest absolute Gasteiger partial charge is 0.497 e. The van der Waals surface area contributed by atoms with Gasteiger partial charge in [-0.1, -0.05) is 85.3 Å². The Labute approximate surface area is 174 Å². The van der Waals surface area contributed by atoms with Gasteiger partial charge in [0.05, 0.1) is 7.11 Å². The quantitative estimate of drug-likeness (QED) is 0.567. The number of hydrogen-bond donors (Lipinski definition) is 0. The summed E-state index contributed by atoms with van der Waals surface area (Å²) in [5.74, 6) is 0.926. The van der Waals surface area contributed by atoms with Crippen LogP contribution >= 0.6 is 0 Å². The number of fused-ring (bicyclic) bond motifs is 2. The van der Waals surface area contributed by atoms with Crippen LogP contribution in [-0.2, 0) is 10.8 Å². The molecule has 29 heavy (non-hydrogen) atoms. The smallest absolute Gasteiger partial charge is 0.118 e. The lowest BCUT2D eigenvalue weighted by molar-refractivity contribution is 0.407. The van der Waals surface area contributed by atoms with Crippen molar-refractivity contribution in [1.82, 2.24) is 0 Å². The summed E-state index contributed by atoms with van der Waals surface area (Å²) in [6.45, 7) is 0. The van der Waals surface area contributed by atoms with Gasteiger partial charge in [-0.05, 0) is 60.1 Å². The molecule has 1 saturated carbocycles. The van der Waals surface area contributed by atoms with Crippen LogP contribution in [0.5, 0.6) is 5.75 Å². The minimum absolute atomic E-state index is 0.0528. The molecule has 1 fully saturated rings. The fourth-order valence-electron chi connectivity index (χ4n) is 5.78. The van der Waals surface area contributed by atoms with Gasteiger partial charge < -0.3 is 4.74 Å². The van der Waals surface area contributed by atoms with E-state index in [-0.39, 0.29) is 10.8 Å². The molecule has 4 bridgehead atoms. The minimum Gasteiger partial charge on any atom is -0.497 e. The highest BCUT2D eigenvalue weighted by Gasteiger charge is 2.45. The van der Waals surface area contributed by atoms with Crippen LogP contribution < -0.4 is 4.74 Å². The van der Waals surface area contributed by atoms with Gasteiger partial charge in [0.15, 0.2) is 0 Å². The number of ether oxygens (including phenoxy) is 1. The predicted molar refractivity (Wildman–Crippen MR) is 120 cm³/mol. The van der Waals surface area contributed by atoms with Crippen LogP contribution in [-0.4, -0.2) is 7.11 Å². The van der Waals surface area contributed by atoms with Gasteiger partial charge in [-0.25, -0.2) is 0 Å². The van der Waals surface area contributed by atoms with Crippen molar-refractivity contribution in [2.24, 2.45) is 0 Å². The Morgan fingerprint density at radius 1 is 0.655 bits per heavy atom. The van der Waals surface area contributed by atoms with E-state index in [4.69, 9.17) is 4.74 Å². The van der Waals surface area contributed by atoms with Gasteiger partial charge in [0, 0.05) is 10.8 Å². The third-order valence-electron chi connectivity index (χ3n) is 7.36. The molecule has 0 spiro atoms. The Hall–Kier alpha value is -2.80. The first-order chi connectivity index (χ1) is 14.3. The van der Waals surface area contributed by atoms with Crippen molar-refractivity contribution in [3.8, 4) is 5.75 Å². The summed E-state index contributed by atoms with van der Waals surface area (Å²) < 4.78 is 5.43. The summed E-state index contributed by atoms with van der Waals surface area (Å²) in [4.78, 5) is 0. The molecular weight excluding hydrogens is 352 g/mol. The first kappa shape index (κ1) is 18.2. The Kier molecular flexibility index (Phi) is 4.54. The van der Waals surface area contributed by atoms with E-state index in [1.54, 1.807) is 7.11 Å². The average Bonchev–Trinajstić information content (AvgIpc) is 2.90. The van der Waals surface area contributed by atoms with Gasteiger partial charge in [-0.15, -0.1) is 0 Å². The molecule has 0 saturated heterocycles. The van der Waals surface area contributed by atoms with E-state index in [0.29, 0.717) is 0 Å². The van der Waals surface area contributed by atoms with E-state index in [1.165, 1.54) is 41.5 Å². The molecule has 0 radical (unpaired) electrons. The van der Waals surface area contributed by atoms with E-state index in [0.717, 1.165) is 18.6 Å². The van der Waals surface area contributed by atoms with E-state index >= 15 is 0 Å². The molecule has 6 rings (SSSR count). The molecular formula is C28H28O. The zero-order valence-corrected chi connectivity index (χ0v) is 17.1. The molecule has 0 amide bonds. The van der Waals surface area contributed by atoms with Crippen molar-refractivity contribution in [3.63, 3.8) is 0 Å². The third-order valence-corrected chi connectivity index (χ3v) is 7.36. The number of rotatable bonds is 3. The lowest BCUT2D eigenvalue weighted by atomic mass is 9.66. The van der Waals surface area contributed by atoms with E-state index in [9.17, 15) is 0 Å². The first-order valence-corrected chi connectivity index (χ1v) is 10.7. The molecule has 1 nitrogen and oxygen atoms in total. The van der Waals surface area contributed by atoms with Crippen molar-refractivity contribution in [2.75, 3.05) is 7.11 Å². The van der Waals surface area contributed by atoms with Crippen molar-refractivity contribution >= 4 is 0 Å². The summed E-state index contributed by atoms with van der Waals surface area (Å²) in [6, 6.07) is 20.0. The molecule has 146 valence electrons. The topological polar surface area (TPSA) is 9.23 Å². The second-order valence-electron chi connectivity index (χ2n) is 8.57. The Bertz CT molecular complexity index is 1010. The van der Waals surface area contributed by atoms with Gasteiger partial charge in [0.2, 0.25) is 0 Å². The number of methoxy groups -OCH3 is 1. The Balaban J connectivity index is 1.70. The Morgan fingerprint density at radius 3 is 1.76 bits per heavy atom. The zero-order valence-electron chi connectivity index (χ0n) is 17.1. The van der Waals surface area contributed by atoms with Crippen molar-refractivity contribution in [3.05, 3.63) is 113 Å². The molecule has 0 N–H and O–H groups in total. The highest BCUT2D eigenvalue weighted by molar-refractivity contribution is 5.53. The lowest BCUT2D eigenvalue weighted by Crippen LogP contribution is -2.30. The van der Waals surface area contributed by atoms with Crippen molar-refractivity contribution in [2.45, 2.75) is 42.9 Å². The molecule has 2 unspecified atom stereocenters. The van der Waals surface area contributed by atoms with E-state index in [2.05, 4.69) is 91.1 Å². The molecule has 0 aliphatic heterocycles. The third kappa shape index (κ3) is 2.92. The highest BCUT2D eigenvalue weighted by atomic mass is 16.5. The second-order valence-corrected chi connectivity index (χ2v) is 8.57. The normalized spacial score (nSPS) is 33.7. The zero-order chi connectivity index (χ0) is 19.7. The Morgan fingerprint density at radius 2 is 1.21 bits per heavy atom. The van der Waals surface area contributed by atoms with E-state index < -0.39 is 0 Å². The maximum absolute atomic E-state index is 5.43. The van der Waals surface area contributed by atoms with Crippen LogP contribution in [0.25, 0.3) is 0 Å². The summed E-state index contributed by atoms with van der Waals surface area (Å²) in [7, 11) is 1.74. The van der Waals surface area contributed by atoms with Crippen molar-refractivity contribution < 1.29 is 4.74 Å². The summed E-state index contributed by atoms with van der Waals surface area (Å²) >= 11 is 0. The SMILES string of the molecule is COc1ccc(C23CCCC(c4ccccc4)(CC2)C2=C/C=C\C3=C/C=C\2)cc1. The van der Waals surface area contributed by atoms with Gasteiger partial charge in [-0.3, -0.25) is 0 Å². The molecule has 2 aromatic carbocycles. The van der Waals surface area contributed by atoms with Gasteiger partial charge in [0.25, 0.3) is 0 Å². The van der Waals surface area contributed by atoms with Gasteiger partial charge >= 0.3 is 0 Å². The highest BCUT2D eigenvalue weighted by Crippen LogP contribution is 2.54. The maximum atomic E-state index is 5.43. The minimum atomic E-state index is 0.0528. The van der Waals surface area contributed by atoms with Crippen LogP contribution in [0.3, 0.4) is 0 Å². The summed E-state index contributed by atoms with van der Waals surface area (Å²) in [6.07, 6.45) is 19.9. The van der Waals surface area contributed by atoms with Gasteiger partial charge in [0.1, 0.15) is 5.75 Å². The second kappa shape index (κ2) is 7.22. The molecule has 4 aliphatic carbocycles. The van der Waals surface area contributed by atoms with Crippen LogP contribution in [0.4, 0.5) is 0 Å². The van der Waals surface area contributed by atoms with Crippen LogP contribution in [0.1, 0.15) is 43.2 Å². The van der Waals surface area contributed by atoms with Crippen molar-refractivity contribution in [1.29, 1.82) is 0 Å². The summed E-state index contributed by atoms with van der Waals surface area (Å²) in [5, 5.41) is 0. The number of benzene rings is 2. The van der Waals surface area contributed by atoms with Crippen LogP contribution in [0.15, 0.2) is 102 Å². The number of hydrogen-bond acceptors (Lipinski definition) is 1. The maximum Gasteiger partial charge on any atom is 0.118 e. The van der Waals surface area contributed by atoms with E-state index in [1.807, 2.05) is 0 Å². The molecule has 0 aromatic heterocycles. The first-order valence-electron chi connectivity index (χ1n) is 10.7. The fraction of sp³-hybridized carbons (Fsp3) is 0.286. The summed E-state index contributed by atoms with van der Waals surface area (Å²) in [5.41, 5.74) is 5.89. The predicted octanol–water partition coefficient (Wildman–Crippen LogP) is 6.83. The molecule has 1 heteroatoms. The molecule has 2 aromatic rings. The van der Waals surface area contributed by atoms with Gasteiger partial charge in [-0.2, -0.15) is 0 Å². The molecule has 2 atom stereocenters. The monoisotopic (exact) mass is 380 g/mol. The van der Waals surface area contributed by atoms with Crippen LogP contribution in [0, 0.1) is 0 Å². The fourth-order valence-corrected chi connectivity index (χ4v) is 5.78. The number of allylic oxidation sites excluding steroid dienone is 8. The molecule has 0 heterocycles. The molecule has 4 aliphatic rings. The lowest BCUT2D eigenvalue weighted by Gasteiger charge is -2.37.